The van der Waals surface area contributed by atoms with Crippen LogP contribution in [0.1, 0.15) is 24.1 Å². The van der Waals surface area contributed by atoms with E-state index in [0.717, 1.165) is 16.8 Å². The molecule has 0 aliphatic carbocycles. The smallest absolute Gasteiger partial charge is 0.260 e. The van der Waals surface area contributed by atoms with Gasteiger partial charge in [0, 0.05) is 47.4 Å². The van der Waals surface area contributed by atoms with Crippen LogP contribution in [0.5, 0.6) is 11.5 Å². The topological polar surface area (TPSA) is 98.6 Å². The number of pyridine rings is 1. The van der Waals surface area contributed by atoms with E-state index in [4.69, 9.17) is 26.1 Å². The molecular weight excluding hydrogens is 602 g/mol. The van der Waals surface area contributed by atoms with Crippen LogP contribution in [0, 0.1) is 0 Å². The third-order valence-electron chi connectivity index (χ3n) is 7.54. The van der Waals surface area contributed by atoms with Gasteiger partial charge in [0.15, 0.2) is 5.78 Å². The van der Waals surface area contributed by atoms with Crippen LogP contribution in [-0.4, -0.2) is 60.1 Å². The lowest BCUT2D eigenvalue weighted by Gasteiger charge is -2.21. The molecule has 2 heterocycles. The van der Waals surface area contributed by atoms with Gasteiger partial charge in [-0.2, -0.15) is 4.98 Å². The number of methoxy groups -OCH3 is 2. The molecule has 0 radical (unpaired) electrons. The Morgan fingerprint density at radius 3 is 2.52 bits per heavy atom. The zero-order valence-electron chi connectivity index (χ0n) is 26.5. The lowest BCUT2D eigenvalue weighted by atomic mass is 10.00. The fraction of sp³-hybridized carbons (Fsp3) is 0.222. The number of fused-ring (bicyclic) bond motifs is 1. The van der Waals surface area contributed by atoms with Crippen molar-refractivity contribution >= 4 is 40.1 Å². The maximum atomic E-state index is 14.5. The second kappa shape index (κ2) is 14.4. The zero-order chi connectivity index (χ0) is 32.8. The Balaban J connectivity index is 1.65. The van der Waals surface area contributed by atoms with Crippen LogP contribution in [0.2, 0.25) is 5.02 Å². The van der Waals surface area contributed by atoms with Crippen LogP contribution >= 0.6 is 11.6 Å². The number of aromatic nitrogens is 3. The summed E-state index contributed by atoms with van der Waals surface area (Å²) >= 11 is 6.77. The van der Waals surface area contributed by atoms with Crippen molar-refractivity contribution in [1.82, 2.24) is 19.4 Å². The summed E-state index contributed by atoms with van der Waals surface area (Å²) in [5, 5.41) is 4.14. The van der Waals surface area contributed by atoms with Gasteiger partial charge in [-0.3, -0.25) is 14.2 Å². The molecule has 5 rings (SSSR count). The SMILES string of the molecule is COc1cc(OC)c(Cl)c(-c2cc3cnc(Nc4ccccc4)nc3n(C(C)c3cccc(CC(=O)/C=C/CN(C)C)c3)c2=O)c1. The molecular formula is C36H36ClN5O4. The molecule has 5 aromatic rings. The molecule has 1 N–H and O–H groups in total. The average molecular weight is 638 g/mol. The average Bonchev–Trinajstić information content (AvgIpc) is 3.05. The lowest BCUT2D eigenvalue weighted by Crippen LogP contribution is -2.27. The summed E-state index contributed by atoms with van der Waals surface area (Å²) in [5.41, 5.74) is 3.43. The van der Waals surface area contributed by atoms with E-state index in [2.05, 4.69) is 10.3 Å². The van der Waals surface area contributed by atoms with E-state index < -0.39 is 6.04 Å². The highest BCUT2D eigenvalue weighted by atomic mass is 35.5. The Labute approximate surface area is 273 Å². The standard InChI is InChI=1S/C36H36ClN5O4/c1-23(25-12-9-11-24(17-25)18-28(43)15-10-16-41(2)3)42-34-26(22-38-36(40-34)39-27-13-7-6-8-14-27)19-31(35(42)44)30-20-29(45-4)21-32(46-5)33(30)37/h6-15,17,19-23H,16,18H2,1-5H3,(H,38,39,40)/b15-10+. The normalized spacial score (nSPS) is 12.1. The summed E-state index contributed by atoms with van der Waals surface area (Å²) < 4.78 is 12.6. The minimum atomic E-state index is -0.472. The number of allylic oxidation sites excluding steroid dienone is 1. The minimum Gasteiger partial charge on any atom is -0.497 e. The van der Waals surface area contributed by atoms with Crippen LogP contribution in [0.4, 0.5) is 11.6 Å². The van der Waals surface area contributed by atoms with Gasteiger partial charge in [-0.1, -0.05) is 60.1 Å². The molecule has 0 bridgehead atoms. The van der Waals surface area contributed by atoms with E-state index in [9.17, 15) is 9.59 Å². The first kappa shape index (κ1) is 32.4. The van der Waals surface area contributed by atoms with Crippen molar-refractivity contribution in [2.45, 2.75) is 19.4 Å². The molecule has 0 spiro atoms. The molecule has 0 saturated carbocycles. The highest BCUT2D eigenvalue weighted by molar-refractivity contribution is 6.35. The second-order valence-electron chi connectivity index (χ2n) is 11.1. The fourth-order valence-electron chi connectivity index (χ4n) is 5.19. The number of halogens is 1. The van der Waals surface area contributed by atoms with Gasteiger partial charge in [0.2, 0.25) is 5.95 Å². The number of hydrogen-bond acceptors (Lipinski definition) is 8. The number of benzene rings is 3. The van der Waals surface area contributed by atoms with E-state index in [1.54, 1.807) is 35.0 Å². The number of nitrogens with one attached hydrogen (secondary N) is 1. The second-order valence-corrected chi connectivity index (χ2v) is 11.5. The first-order valence-corrected chi connectivity index (χ1v) is 15.2. The lowest BCUT2D eigenvalue weighted by molar-refractivity contribution is -0.114. The Kier molecular flexibility index (Phi) is 10.1. The van der Waals surface area contributed by atoms with Crippen LogP contribution in [0.3, 0.4) is 0 Å². The van der Waals surface area contributed by atoms with Crippen LogP contribution in [-0.2, 0) is 11.2 Å². The minimum absolute atomic E-state index is 0.00208. The number of hydrogen-bond donors (Lipinski definition) is 1. The highest BCUT2D eigenvalue weighted by Crippen LogP contribution is 2.39. The van der Waals surface area contributed by atoms with E-state index >= 15 is 0 Å². The Hall–Kier alpha value is -4.99. The van der Waals surface area contributed by atoms with Gasteiger partial charge in [0.05, 0.1) is 25.3 Å². The van der Waals surface area contributed by atoms with Gasteiger partial charge >= 0.3 is 0 Å². The first-order chi connectivity index (χ1) is 22.2. The Morgan fingerprint density at radius 1 is 1.02 bits per heavy atom. The predicted octanol–water partition coefficient (Wildman–Crippen LogP) is 6.71. The summed E-state index contributed by atoms with van der Waals surface area (Å²) in [6.45, 7) is 2.62. The molecule has 236 valence electrons. The molecule has 1 atom stereocenters. The van der Waals surface area contributed by atoms with Gasteiger partial charge in [-0.25, -0.2) is 4.98 Å². The fourth-order valence-corrected chi connectivity index (χ4v) is 5.47. The molecule has 9 nitrogen and oxygen atoms in total. The molecule has 2 aromatic heterocycles. The summed E-state index contributed by atoms with van der Waals surface area (Å²) in [5.74, 6) is 1.22. The van der Waals surface area contributed by atoms with Crippen molar-refractivity contribution in [1.29, 1.82) is 0 Å². The third kappa shape index (κ3) is 7.28. The Bertz CT molecular complexity index is 1960. The van der Waals surface area contributed by atoms with Gasteiger partial charge < -0.3 is 19.7 Å². The monoisotopic (exact) mass is 637 g/mol. The zero-order valence-corrected chi connectivity index (χ0v) is 27.2. The van der Waals surface area contributed by atoms with E-state index in [1.807, 2.05) is 86.6 Å². The molecule has 0 aliphatic rings. The van der Waals surface area contributed by atoms with E-state index in [0.29, 0.717) is 46.2 Å². The molecule has 0 saturated heterocycles. The van der Waals surface area contributed by atoms with Gasteiger partial charge in [0.25, 0.3) is 5.56 Å². The van der Waals surface area contributed by atoms with Gasteiger partial charge in [0.1, 0.15) is 17.1 Å². The third-order valence-corrected chi connectivity index (χ3v) is 7.92. The molecule has 0 aliphatic heterocycles. The van der Waals surface area contributed by atoms with Crippen molar-refractivity contribution in [2.75, 3.05) is 40.2 Å². The number of anilines is 2. The summed E-state index contributed by atoms with van der Waals surface area (Å²) in [6.07, 6.45) is 5.39. The maximum Gasteiger partial charge on any atom is 0.260 e. The largest absolute Gasteiger partial charge is 0.497 e. The van der Waals surface area contributed by atoms with Crippen LogP contribution in [0.15, 0.2) is 95.9 Å². The number of para-hydroxylation sites is 1. The predicted molar refractivity (Wildman–Crippen MR) is 184 cm³/mol. The summed E-state index contributed by atoms with van der Waals surface area (Å²) in [7, 11) is 6.95. The summed E-state index contributed by atoms with van der Waals surface area (Å²) in [4.78, 5) is 38.6. The van der Waals surface area contributed by atoms with Crippen LogP contribution in [0.25, 0.3) is 22.2 Å². The first-order valence-electron chi connectivity index (χ1n) is 14.8. The quantitative estimate of drug-likeness (QED) is 0.151. The molecule has 10 heteroatoms. The van der Waals surface area contributed by atoms with Crippen LogP contribution < -0.4 is 20.3 Å². The molecule has 46 heavy (non-hydrogen) atoms. The number of carbonyl (C=O) groups excluding carboxylic acids is 1. The van der Waals surface area contributed by atoms with Crippen molar-refractivity contribution in [3.63, 3.8) is 0 Å². The Morgan fingerprint density at radius 2 is 1.80 bits per heavy atom. The van der Waals surface area contributed by atoms with Gasteiger partial charge in [-0.15, -0.1) is 0 Å². The van der Waals surface area contributed by atoms with Crippen molar-refractivity contribution in [3.8, 4) is 22.6 Å². The summed E-state index contributed by atoms with van der Waals surface area (Å²) in [6, 6.07) is 21.9. The maximum absolute atomic E-state index is 14.5. The molecule has 0 fully saturated rings. The molecule has 3 aromatic carbocycles. The van der Waals surface area contributed by atoms with Crippen molar-refractivity contribution < 1.29 is 14.3 Å². The molecule has 1 unspecified atom stereocenters. The van der Waals surface area contributed by atoms with E-state index in [-0.39, 0.29) is 22.8 Å². The molecule has 0 amide bonds. The number of nitrogens with zero attached hydrogens (tertiary/aromatic N) is 4. The number of likely N-dealkylation sites (N-methyl/N-ethyl adjacent to an activating group) is 1. The highest BCUT2D eigenvalue weighted by Gasteiger charge is 2.22. The number of carbonyl (C=O) groups is 1. The number of ether oxygens (including phenoxy) is 2. The van der Waals surface area contributed by atoms with E-state index in [1.165, 1.54) is 14.2 Å². The van der Waals surface area contributed by atoms with Crippen molar-refractivity contribution in [3.05, 3.63) is 118 Å². The van der Waals surface area contributed by atoms with Gasteiger partial charge in [-0.05, 0) is 62.5 Å². The number of rotatable bonds is 12. The van der Waals surface area contributed by atoms with Crippen molar-refractivity contribution in [2.24, 2.45) is 0 Å². The number of ketones is 1.